The molecule has 21 heavy (non-hydrogen) atoms. The lowest BCUT2D eigenvalue weighted by Crippen LogP contribution is -2.16. The monoisotopic (exact) mass is 286 g/mol. The van der Waals surface area contributed by atoms with Crippen molar-refractivity contribution in [3.8, 4) is 11.6 Å². The average molecular weight is 286 g/mol. The van der Waals surface area contributed by atoms with Gasteiger partial charge in [-0.25, -0.2) is 4.98 Å². The quantitative estimate of drug-likeness (QED) is 0.898. The molecule has 2 aromatic rings. The Bertz CT molecular complexity index is 645. The predicted octanol–water partition coefficient (Wildman–Crippen LogP) is 2.39. The van der Waals surface area contributed by atoms with Crippen LogP contribution in [-0.2, 0) is 0 Å². The number of nitrogens with two attached hydrogens (primary N) is 1. The van der Waals surface area contributed by atoms with Crippen molar-refractivity contribution in [1.82, 2.24) is 9.97 Å². The van der Waals surface area contributed by atoms with Crippen LogP contribution < -0.4 is 20.5 Å². The van der Waals surface area contributed by atoms with Crippen molar-refractivity contribution in [2.24, 2.45) is 0 Å². The number of fused-ring (bicyclic) bond motifs is 1. The molecule has 1 aromatic heterocycles. The van der Waals surface area contributed by atoms with Crippen LogP contribution in [-0.4, -0.2) is 22.7 Å². The van der Waals surface area contributed by atoms with E-state index in [1.165, 1.54) is 6.33 Å². The zero-order valence-corrected chi connectivity index (χ0v) is 12.0. The van der Waals surface area contributed by atoms with Crippen LogP contribution in [0.2, 0.25) is 0 Å². The standard InChI is InChI=1S/C15H18N4O2/c1-9(2)21-15-13(16)14(17-8-18-15)19-11-7-20-12-6-4-3-5-10(11)12/h3-6,8-9,11H,7,16H2,1-2H3,(H,17,18,19). The maximum absolute atomic E-state index is 6.08. The fourth-order valence-electron chi connectivity index (χ4n) is 2.26. The van der Waals surface area contributed by atoms with Gasteiger partial charge in [-0.1, -0.05) is 18.2 Å². The second kappa shape index (κ2) is 5.47. The predicted molar refractivity (Wildman–Crippen MR) is 80.5 cm³/mol. The maximum atomic E-state index is 6.08. The third-order valence-electron chi connectivity index (χ3n) is 3.21. The summed E-state index contributed by atoms with van der Waals surface area (Å²) in [6.45, 7) is 4.40. The number of nitrogens with zero attached hydrogens (tertiary/aromatic N) is 2. The zero-order chi connectivity index (χ0) is 14.8. The molecule has 1 aliphatic heterocycles. The minimum Gasteiger partial charge on any atom is -0.491 e. The second-order valence-corrected chi connectivity index (χ2v) is 5.15. The molecule has 0 bridgehead atoms. The van der Waals surface area contributed by atoms with E-state index in [1.807, 2.05) is 38.1 Å². The van der Waals surface area contributed by atoms with Crippen molar-refractivity contribution in [2.75, 3.05) is 17.7 Å². The average Bonchev–Trinajstić information content (AvgIpc) is 2.86. The highest BCUT2D eigenvalue weighted by molar-refractivity contribution is 5.67. The molecule has 0 aliphatic carbocycles. The highest BCUT2D eigenvalue weighted by Crippen LogP contribution is 2.35. The Balaban J connectivity index is 1.83. The molecule has 3 N–H and O–H groups in total. The Kier molecular flexibility index (Phi) is 3.51. The summed E-state index contributed by atoms with van der Waals surface area (Å²) in [7, 11) is 0. The largest absolute Gasteiger partial charge is 0.491 e. The number of para-hydroxylation sites is 1. The van der Waals surface area contributed by atoms with Gasteiger partial charge in [-0.15, -0.1) is 0 Å². The third-order valence-corrected chi connectivity index (χ3v) is 3.21. The lowest BCUT2D eigenvalue weighted by atomic mass is 10.1. The summed E-state index contributed by atoms with van der Waals surface area (Å²) < 4.78 is 11.2. The number of nitrogens with one attached hydrogen (secondary N) is 1. The first-order chi connectivity index (χ1) is 10.1. The molecule has 1 unspecified atom stereocenters. The highest BCUT2D eigenvalue weighted by Gasteiger charge is 2.25. The van der Waals surface area contributed by atoms with Crippen LogP contribution in [0.4, 0.5) is 11.5 Å². The van der Waals surface area contributed by atoms with Crippen LogP contribution in [0, 0.1) is 0 Å². The summed E-state index contributed by atoms with van der Waals surface area (Å²) in [6, 6.07) is 7.94. The number of nitrogen functional groups attached to an aromatic ring is 1. The van der Waals surface area contributed by atoms with Gasteiger partial charge < -0.3 is 20.5 Å². The van der Waals surface area contributed by atoms with E-state index in [-0.39, 0.29) is 12.1 Å². The zero-order valence-electron chi connectivity index (χ0n) is 12.0. The number of hydrogen-bond donors (Lipinski definition) is 2. The molecular formula is C15H18N4O2. The van der Waals surface area contributed by atoms with Gasteiger partial charge in [-0.05, 0) is 19.9 Å². The summed E-state index contributed by atoms with van der Waals surface area (Å²) >= 11 is 0. The van der Waals surface area contributed by atoms with E-state index in [1.54, 1.807) is 0 Å². The fourth-order valence-corrected chi connectivity index (χ4v) is 2.26. The molecule has 6 heteroatoms. The molecule has 1 aromatic carbocycles. The molecule has 0 spiro atoms. The SMILES string of the molecule is CC(C)Oc1ncnc(NC2COc3ccccc32)c1N. The minimum absolute atomic E-state index is 0.00518. The number of anilines is 2. The lowest BCUT2D eigenvalue weighted by Gasteiger charge is -2.16. The Labute approximate surface area is 123 Å². The Morgan fingerprint density at radius 3 is 2.95 bits per heavy atom. The third kappa shape index (κ3) is 2.69. The van der Waals surface area contributed by atoms with Crippen LogP contribution in [0.15, 0.2) is 30.6 Å². The summed E-state index contributed by atoms with van der Waals surface area (Å²) in [5.74, 6) is 1.85. The first-order valence-corrected chi connectivity index (χ1v) is 6.90. The molecule has 0 saturated heterocycles. The fraction of sp³-hybridized carbons (Fsp3) is 0.333. The van der Waals surface area contributed by atoms with Crippen molar-refractivity contribution in [3.05, 3.63) is 36.2 Å². The van der Waals surface area contributed by atoms with Crippen molar-refractivity contribution in [1.29, 1.82) is 0 Å². The van der Waals surface area contributed by atoms with Crippen LogP contribution >= 0.6 is 0 Å². The molecule has 110 valence electrons. The lowest BCUT2D eigenvalue weighted by molar-refractivity contribution is 0.234. The molecule has 3 rings (SSSR count). The molecule has 0 radical (unpaired) electrons. The van der Waals surface area contributed by atoms with Gasteiger partial charge in [0.1, 0.15) is 24.4 Å². The first-order valence-electron chi connectivity index (χ1n) is 6.90. The molecule has 0 saturated carbocycles. The molecular weight excluding hydrogens is 268 g/mol. The van der Waals surface area contributed by atoms with E-state index in [2.05, 4.69) is 15.3 Å². The highest BCUT2D eigenvalue weighted by atomic mass is 16.5. The van der Waals surface area contributed by atoms with Crippen LogP contribution in [0.5, 0.6) is 11.6 Å². The van der Waals surface area contributed by atoms with E-state index < -0.39 is 0 Å². The number of ether oxygens (including phenoxy) is 2. The van der Waals surface area contributed by atoms with Gasteiger partial charge >= 0.3 is 0 Å². The van der Waals surface area contributed by atoms with Crippen molar-refractivity contribution in [2.45, 2.75) is 26.0 Å². The van der Waals surface area contributed by atoms with Gasteiger partial charge in [0.15, 0.2) is 5.82 Å². The van der Waals surface area contributed by atoms with Crippen molar-refractivity contribution in [3.63, 3.8) is 0 Å². The van der Waals surface area contributed by atoms with Crippen LogP contribution in [0.25, 0.3) is 0 Å². The Morgan fingerprint density at radius 2 is 2.14 bits per heavy atom. The van der Waals surface area contributed by atoms with Crippen molar-refractivity contribution < 1.29 is 9.47 Å². The van der Waals surface area contributed by atoms with E-state index >= 15 is 0 Å². The van der Waals surface area contributed by atoms with E-state index in [0.717, 1.165) is 11.3 Å². The van der Waals surface area contributed by atoms with Gasteiger partial charge in [0.05, 0.1) is 12.1 Å². The smallest absolute Gasteiger partial charge is 0.242 e. The summed E-state index contributed by atoms with van der Waals surface area (Å²) in [4.78, 5) is 8.27. The number of aromatic nitrogens is 2. The van der Waals surface area contributed by atoms with Gasteiger partial charge in [-0.3, -0.25) is 0 Å². The van der Waals surface area contributed by atoms with Gasteiger partial charge in [-0.2, -0.15) is 4.98 Å². The number of benzene rings is 1. The van der Waals surface area contributed by atoms with Crippen LogP contribution in [0.3, 0.4) is 0 Å². The van der Waals surface area contributed by atoms with Gasteiger partial charge in [0, 0.05) is 5.56 Å². The topological polar surface area (TPSA) is 82.3 Å². The van der Waals surface area contributed by atoms with Gasteiger partial charge in [0.25, 0.3) is 0 Å². The molecule has 1 aliphatic rings. The van der Waals surface area contributed by atoms with Crippen LogP contribution in [0.1, 0.15) is 25.5 Å². The molecule has 0 amide bonds. The molecule has 1 atom stereocenters. The minimum atomic E-state index is 0.00518. The second-order valence-electron chi connectivity index (χ2n) is 5.15. The van der Waals surface area contributed by atoms with Crippen molar-refractivity contribution >= 4 is 11.5 Å². The summed E-state index contributed by atoms with van der Waals surface area (Å²) in [5, 5.41) is 3.30. The number of rotatable bonds is 4. The first kappa shape index (κ1) is 13.5. The Morgan fingerprint density at radius 1 is 1.33 bits per heavy atom. The molecule has 2 heterocycles. The summed E-state index contributed by atoms with van der Waals surface area (Å²) in [6.07, 6.45) is 1.45. The molecule has 0 fully saturated rings. The van der Waals surface area contributed by atoms with E-state index in [4.69, 9.17) is 15.2 Å². The normalized spacial score (nSPS) is 16.4. The maximum Gasteiger partial charge on any atom is 0.242 e. The Hall–Kier alpha value is -2.50. The van der Waals surface area contributed by atoms with E-state index in [0.29, 0.717) is 24.0 Å². The summed E-state index contributed by atoms with van der Waals surface area (Å²) in [5.41, 5.74) is 7.59. The molecule has 6 nitrogen and oxygen atoms in total. The number of hydrogen-bond acceptors (Lipinski definition) is 6. The van der Waals surface area contributed by atoms with E-state index in [9.17, 15) is 0 Å². The van der Waals surface area contributed by atoms with Gasteiger partial charge in [0.2, 0.25) is 5.88 Å².